The monoisotopic (exact) mass is 345 g/mol. The number of benzene rings is 2. The Morgan fingerprint density at radius 1 is 0.962 bits per heavy atom. The van der Waals surface area contributed by atoms with E-state index in [-0.39, 0.29) is 5.82 Å². The zero-order chi connectivity index (χ0) is 18.7. The van der Waals surface area contributed by atoms with Gasteiger partial charge in [0.2, 0.25) is 0 Å². The summed E-state index contributed by atoms with van der Waals surface area (Å²) in [4.78, 5) is 4.48. The van der Waals surface area contributed by atoms with Crippen LogP contribution in [0.5, 0.6) is 11.5 Å². The molecule has 26 heavy (non-hydrogen) atoms. The van der Waals surface area contributed by atoms with Crippen molar-refractivity contribution in [2.24, 2.45) is 0 Å². The number of ether oxygens (including phenoxy) is 2. The number of nitrogens with two attached hydrogens (primary N) is 1. The highest BCUT2D eigenvalue weighted by Crippen LogP contribution is 2.38. The maximum absolute atomic E-state index is 9.67. The zero-order valence-electron chi connectivity index (χ0n) is 14.9. The number of anilines is 1. The molecule has 0 saturated carbocycles. The third-order valence-electron chi connectivity index (χ3n) is 4.27. The molecule has 0 aliphatic carbocycles. The third kappa shape index (κ3) is 3.05. The molecule has 0 unspecified atom stereocenters. The van der Waals surface area contributed by atoms with Crippen molar-refractivity contribution >= 4 is 5.82 Å². The molecule has 1 aromatic heterocycles. The van der Waals surface area contributed by atoms with Gasteiger partial charge in [0, 0.05) is 17.2 Å². The topological polar surface area (TPSA) is 81.2 Å². The average molecular weight is 345 g/mol. The van der Waals surface area contributed by atoms with Gasteiger partial charge in [0.05, 0.1) is 19.9 Å². The number of nitrogens with zero attached hydrogens (tertiary/aromatic N) is 2. The van der Waals surface area contributed by atoms with Crippen molar-refractivity contribution in [2.45, 2.75) is 6.92 Å². The molecule has 2 aromatic carbocycles. The van der Waals surface area contributed by atoms with Crippen molar-refractivity contribution < 1.29 is 9.47 Å². The lowest BCUT2D eigenvalue weighted by molar-refractivity contribution is 0.394. The van der Waals surface area contributed by atoms with Gasteiger partial charge < -0.3 is 15.2 Å². The minimum absolute atomic E-state index is 0.203. The van der Waals surface area contributed by atoms with E-state index >= 15 is 0 Å². The van der Waals surface area contributed by atoms with Crippen LogP contribution in [0.3, 0.4) is 0 Å². The predicted octanol–water partition coefficient (Wildman–Crippen LogP) is 4.20. The zero-order valence-corrected chi connectivity index (χ0v) is 14.9. The fraction of sp³-hybridized carbons (Fsp3) is 0.143. The highest BCUT2D eigenvalue weighted by molar-refractivity contribution is 5.85. The van der Waals surface area contributed by atoms with Gasteiger partial charge in [0.1, 0.15) is 28.9 Å². The van der Waals surface area contributed by atoms with Gasteiger partial charge in [0.25, 0.3) is 0 Å². The van der Waals surface area contributed by atoms with Crippen LogP contribution in [-0.4, -0.2) is 19.2 Å². The molecule has 0 saturated heterocycles. The maximum Gasteiger partial charge on any atom is 0.142 e. The van der Waals surface area contributed by atoms with Gasteiger partial charge in [-0.15, -0.1) is 0 Å². The Morgan fingerprint density at radius 2 is 1.58 bits per heavy atom. The summed E-state index contributed by atoms with van der Waals surface area (Å²) in [7, 11) is 3.18. The van der Waals surface area contributed by atoms with Gasteiger partial charge in [-0.1, -0.05) is 30.3 Å². The normalized spacial score (nSPS) is 10.2. The summed E-state index contributed by atoms with van der Waals surface area (Å²) in [5, 5.41) is 9.67. The largest absolute Gasteiger partial charge is 0.497 e. The molecular weight excluding hydrogens is 326 g/mol. The van der Waals surface area contributed by atoms with Gasteiger partial charge in [0.15, 0.2) is 0 Å². The summed E-state index contributed by atoms with van der Waals surface area (Å²) in [5.41, 5.74) is 10.6. The first kappa shape index (κ1) is 17.3. The van der Waals surface area contributed by atoms with Crippen molar-refractivity contribution in [1.29, 1.82) is 5.26 Å². The number of methoxy groups -OCH3 is 2. The van der Waals surface area contributed by atoms with Crippen LogP contribution in [0.15, 0.2) is 48.5 Å². The van der Waals surface area contributed by atoms with Gasteiger partial charge in [-0.3, -0.25) is 0 Å². The minimum Gasteiger partial charge on any atom is -0.497 e. The lowest BCUT2D eigenvalue weighted by atomic mass is 9.92. The number of nitriles is 1. The van der Waals surface area contributed by atoms with E-state index in [1.807, 2.05) is 49.4 Å². The van der Waals surface area contributed by atoms with Crippen LogP contribution in [0.4, 0.5) is 5.82 Å². The Labute approximate surface area is 152 Å². The molecule has 130 valence electrons. The van der Waals surface area contributed by atoms with Gasteiger partial charge in [-0.25, -0.2) is 4.98 Å². The Kier molecular flexibility index (Phi) is 4.76. The molecule has 0 aliphatic rings. The van der Waals surface area contributed by atoms with Crippen LogP contribution >= 0.6 is 0 Å². The van der Waals surface area contributed by atoms with E-state index in [9.17, 15) is 5.26 Å². The molecule has 3 aromatic rings. The first-order valence-corrected chi connectivity index (χ1v) is 8.08. The Balaban J connectivity index is 2.34. The smallest absolute Gasteiger partial charge is 0.142 e. The number of aromatic nitrogens is 1. The molecule has 0 bridgehead atoms. The molecular formula is C21H19N3O2. The van der Waals surface area contributed by atoms with Crippen molar-refractivity contribution in [2.75, 3.05) is 20.0 Å². The molecule has 5 heteroatoms. The lowest BCUT2D eigenvalue weighted by Gasteiger charge is -2.16. The molecule has 3 rings (SSSR count). The number of pyridine rings is 1. The van der Waals surface area contributed by atoms with E-state index in [2.05, 4.69) is 11.1 Å². The quantitative estimate of drug-likeness (QED) is 0.766. The molecule has 5 nitrogen and oxygen atoms in total. The summed E-state index contributed by atoms with van der Waals surface area (Å²) >= 11 is 0. The molecule has 0 fully saturated rings. The van der Waals surface area contributed by atoms with Crippen LogP contribution in [0.2, 0.25) is 0 Å². The summed E-state index contributed by atoms with van der Waals surface area (Å²) in [6.45, 7) is 1.94. The second-order valence-electron chi connectivity index (χ2n) is 5.80. The van der Waals surface area contributed by atoms with Crippen LogP contribution in [-0.2, 0) is 0 Å². The maximum atomic E-state index is 9.67. The molecule has 0 spiro atoms. The van der Waals surface area contributed by atoms with Crippen molar-refractivity contribution in [3.05, 3.63) is 59.7 Å². The van der Waals surface area contributed by atoms with Gasteiger partial charge in [-0.2, -0.15) is 5.26 Å². The third-order valence-corrected chi connectivity index (χ3v) is 4.27. The fourth-order valence-electron chi connectivity index (χ4n) is 3.00. The van der Waals surface area contributed by atoms with Crippen LogP contribution in [0.25, 0.3) is 22.4 Å². The number of rotatable bonds is 4. The van der Waals surface area contributed by atoms with E-state index in [4.69, 9.17) is 15.2 Å². The van der Waals surface area contributed by atoms with E-state index in [0.29, 0.717) is 17.1 Å². The lowest BCUT2D eigenvalue weighted by Crippen LogP contribution is -2.03. The van der Waals surface area contributed by atoms with E-state index < -0.39 is 0 Å². The fourth-order valence-corrected chi connectivity index (χ4v) is 3.00. The number of hydrogen-bond acceptors (Lipinski definition) is 5. The van der Waals surface area contributed by atoms with Crippen LogP contribution in [0.1, 0.15) is 11.1 Å². The minimum atomic E-state index is 0.203. The average Bonchev–Trinajstić information content (AvgIpc) is 2.69. The van der Waals surface area contributed by atoms with Crippen LogP contribution in [0, 0.1) is 18.3 Å². The summed E-state index contributed by atoms with van der Waals surface area (Å²) < 4.78 is 10.7. The molecule has 1 heterocycles. The number of hydrogen-bond donors (Lipinski definition) is 1. The SMILES string of the molecule is COc1cc(OC)cc(-c2c(C)c(-c3ccccc3)nc(N)c2C#N)c1. The summed E-state index contributed by atoms with van der Waals surface area (Å²) in [5.74, 6) is 1.48. The Hall–Kier alpha value is -3.52. The van der Waals surface area contributed by atoms with Crippen molar-refractivity contribution in [3.8, 4) is 40.0 Å². The molecule has 0 radical (unpaired) electrons. The van der Waals surface area contributed by atoms with E-state index in [0.717, 1.165) is 27.9 Å². The van der Waals surface area contributed by atoms with Crippen molar-refractivity contribution in [1.82, 2.24) is 4.98 Å². The Bertz CT molecular complexity index is 970. The second kappa shape index (κ2) is 7.16. The van der Waals surface area contributed by atoms with E-state index in [1.54, 1.807) is 20.3 Å². The highest BCUT2D eigenvalue weighted by atomic mass is 16.5. The summed E-state index contributed by atoms with van der Waals surface area (Å²) in [6, 6.07) is 17.5. The molecule has 0 atom stereocenters. The van der Waals surface area contributed by atoms with Crippen LogP contribution < -0.4 is 15.2 Å². The molecule has 2 N–H and O–H groups in total. The highest BCUT2D eigenvalue weighted by Gasteiger charge is 2.19. The van der Waals surface area contributed by atoms with E-state index in [1.165, 1.54) is 0 Å². The molecule has 0 aliphatic heterocycles. The standard InChI is InChI=1S/C21H19N3O2/c1-13-19(15-9-16(25-2)11-17(10-15)26-3)18(12-22)21(23)24-20(13)14-7-5-4-6-8-14/h4-11H,1-3H3,(H2,23,24). The Morgan fingerprint density at radius 3 is 2.12 bits per heavy atom. The van der Waals surface area contributed by atoms with Gasteiger partial charge >= 0.3 is 0 Å². The molecule has 0 amide bonds. The van der Waals surface area contributed by atoms with Crippen molar-refractivity contribution in [3.63, 3.8) is 0 Å². The first-order chi connectivity index (χ1) is 12.6. The predicted molar refractivity (Wildman–Crippen MR) is 102 cm³/mol. The van der Waals surface area contributed by atoms with Gasteiger partial charge in [-0.05, 0) is 30.2 Å². The first-order valence-electron chi connectivity index (χ1n) is 8.08. The second-order valence-corrected chi connectivity index (χ2v) is 5.80. The number of nitrogen functional groups attached to an aromatic ring is 1. The summed E-state index contributed by atoms with van der Waals surface area (Å²) in [6.07, 6.45) is 0.